The molecule has 1 saturated heterocycles. The summed E-state index contributed by atoms with van der Waals surface area (Å²) in [6, 6.07) is 6.81. The minimum atomic E-state index is 0.163. The van der Waals surface area contributed by atoms with Crippen LogP contribution in [-0.4, -0.2) is 19.7 Å². The molecule has 2 rings (SSSR count). The van der Waals surface area contributed by atoms with E-state index in [0.29, 0.717) is 12.6 Å². The van der Waals surface area contributed by atoms with Crippen molar-refractivity contribution in [1.29, 1.82) is 0 Å². The Kier molecular flexibility index (Phi) is 9.25. The van der Waals surface area contributed by atoms with Crippen molar-refractivity contribution in [2.24, 2.45) is 5.73 Å². The summed E-state index contributed by atoms with van der Waals surface area (Å²) in [6.45, 7) is 11.9. The van der Waals surface area contributed by atoms with Crippen LogP contribution >= 0.6 is 0 Å². The van der Waals surface area contributed by atoms with Gasteiger partial charge in [0.2, 0.25) is 0 Å². The minimum Gasteiger partial charge on any atom is -0.496 e. The number of benzene rings is 1. The second kappa shape index (κ2) is 10.9. The number of allylic oxidation sites excluding steroid dienone is 4. The van der Waals surface area contributed by atoms with E-state index in [1.165, 1.54) is 24.9 Å². The molecule has 0 radical (unpaired) electrons. The maximum Gasteiger partial charge on any atom is 0.123 e. The molecule has 1 aliphatic rings. The molecule has 0 amide bonds. The predicted molar refractivity (Wildman–Crippen MR) is 109 cm³/mol. The second-order valence-corrected chi connectivity index (χ2v) is 7.19. The average molecular weight is 343 g/mol. The molecule has 3 heteroatoms. The first-order chi connectivity index (χ1) is 11.9. The molecular weight excluding hydrogens is 308 g/mol. The third-order valence-electron chi connectivity index (χ3n) is 4.17. The Bertz CT molecular complexity index is 576. The molecule has 0 aromatic heterocycles. The lowest BCUT2D eigenvalue weighted by atomic mass is 9.86. The first-order valence-electron chi connectivity index (χ1n) is 8.99. The van der Waals surface area contributed by atoms with E-state index in [0.717, 1.165) is 11.3 Å². The van der Waals surface area contributed by atoms with Gasteiger partial charge in [-0.25, -0.2) is 0 Å². The van der Waals surface area contributed by atoms with E-state index in [2.05, 4.69) is 57.0 Å². The van der Waals surface area contributed by atoms with E-state index in [1.807, 2.05) is 18.2 Å². The molecule has 1 unspecified atom stereocenters. The molecule has 3 nitrogen and oxygen atoms in total. The molecule has 3 N–H and O–H groups in total. The van der Waals surface area contributed by atoms with Crippen molar-refractivity contribution in [1.82, 2.24) is 5.32 Å². The van der Waals surface area contributed by atoms with Gasteiger partial charge in [-0.3, -0.25) is 0 Å². The van der Waals surface area contributed by atoms with Gasteiger partial charge in [-0.05, 0) is 36.4 Å². The Hall–Kier alpha value is -1.84. The topological polar surface area (TPSA) is 47.3 Å². The van der Waals surface area contributed by atoms with E-state index < -0.39 is 0 Å². The van der Waals surface area contributed by atoms with E-state index in [-0.39, 0.29) is 5.41 Å². The highest BCUT2D eigenvalue weighted by Gasteiger charge is 2.15. The monoisotopic (exact) mass is 342 g/mol. The van der Waals surface area contributed by atoms with Crippen molar-refractivity contribution < 1.29 is 4.74 Å². The standard InChI is InChI=1S/C12H19NO.C10H15N/c1-12(2,3)10-5-6-11(14-4)9(7-10)8-13;1-2-3-4-5-7-10-8-6-9-11-10/h5-7H,8,13H2,1-4H3;2-5,7,10-11H,1,6,8-9H2/b;4-3-,7-5+. The van der Waals surface area contributed by atoms with Gasteiger partial charge in [0.25, 0.3) is 0 Å². The van der Waals surface area contributed by atoms with Crippen molar-refractivity contribution in [2.45, 2.75) is 51.6 Å². The SMILES string of the molecule is C=C/C=C\C=C\C1CCCN1.COc1ccc(C(C)(C)C)cc1CN. The number of hydrogen-bond donors (Lipinski definition) is 2. The Morgan fingerprint density at radius 1 is 1.28 bits per heavy atom. The third kappa shape index (κ3) is 7.72. The fourth-order valence-electron chi connectivity index (χ4n) is 2.62. The molecular formula is C22H34N2O. The lowest BCUT2D eigenvalue weighted by Crippen LogP contribution is -2.17. The van der Waals surface area contributed by atoms with Crippen molar-refractivity contribution >= 4 is 0 Å². The molecule has 25 heavy (non-hydrogen) atoms. The van der Waals surface area contributed by atoms with Crippen LogP contribution in [0.2, 0.25) is 0 Å². The maximum atomic E-state index is 5.66. The van der Waals surface area contributed by atoms with Crippen molar-refractivity contribution in [3.8, 4) is 5.75 Å². The largest absolute Gasteiger partial charge is 0.496 e. The highest BCUT2D eigenvalue weighted by molar-refractivity contribution is 5.39. The third-order valence-corrected chi connectivity index (χ3v) is 4.17. The number of nitrogens with two attached hydrogens (primary N) is 1. The first-order valence-corrected chi connectivity index (χ1v) is 8.99. The quantitative estimate of drug-likeness (QED) is 0.775. The molecule has 0 spiro atoms. The molecule has 0 saturated carbocycles. The Morgan fingerprint density at radius 2 is 2.04 bits per heavy atom. The van der Waals surface area contributed by atoms with Crippen LogP contribution in [-0.2, 0) is 12.0 Å². The molecule has 1 heterocycles. The number of ether oxygens (including phenoxy) is 1. The molecule has 1 aromatic rings. The van der Waals surface area contributed by atoms with Crippen molar-refractivity contribution in [3.05, 3.63) is 66.3 Å². The van der Waals surface area contributed by atoms with Crippen LogP contribution in [0.15, 0.2) is 55.2 Å². The zero-order chi connectivity index (χ0) is 18.7. The van der Waals surface area contributed by atoms with Gasteiger partial charge in [0.15, 0.2) is 0 Å². The summed E-state index contributed by atoms with van der Waals surface area (Å²) in [7, 11) is 1.67. The number of nitrogens with one attached hydrogen (secondary N) is 1. The van der Waals surface area contributed by atoms with Crippen LogP contribution < -0.4 is 15.8 Å². The summed E-state index contributed by atoms with van der Waals surface area (Å²) in [6.07, 6.45) is 12.6. The van der Waals surface area contributed by atoms with Crippen LogP contribution in [0.4, 0.5) is 0 Å². The zero-order valence-electron chi connectivity index (χ0n) is 16.2. The van der Waals surface area contributed by atoms with E-state index in [4.69, 9.17) is 10.5 Å². The van der Waals surface area contributed by atoms with Gasteiger partial charge < -0.3 is 15.8 Å². The van der Waals surface area contributed by atoms with Gasteiger partial charge >= 0.3 is 0 Å². The smallest absolute Gasteiger partial charge is 0.123 e. The first kappa shape index (κ1) is 21.2. The van der Waals surface area contributed by atoms with Gasteiger partial charge in [-0.15, -0.1) is 0 Å². The molecule has 0 bridgehead atoms. The summed E-state index contributed by atoms with van der Waals surface area (Å²) >= 11 is 0. The van der Waals surface area contributed by atoms with Crippen LogP contribution in [0.1, 0.15) is 44.7 Å². The fourth-order valence-corrected chi connectivity index (χ4v) is 2.62. The summed E-state index contributed by atoms with van der Waals surface area (Å²) in [5.74, 6) is 0.875. The number of methoxy groups -OCH3 is 1. The zero-order valence-corrected chi connectivity index (χ0v) is 16.2. The Morgan fingerprint density at radius 3 is 2.56 bits per heavy atom. The minimum absolute atomic E-state index is 0.163. The molecule has 1 atom stereocenters. The molecule has 138 valence electrons. The van der Waals surface area contributed by atoms with E-state index in [9.17, 15) is 0 Å². The van der Waals surface area contributed by atoms with Gasteiger partial charge in [0.1, 0.15) is 5.75 Å². The highest BCUT2D eigenvalue weighted by atomic mass is 16.5. The van der Waals surface area contributed by atoms with Gasteiger partial charge in [0.05, 0.1) is 7.11 Å². The van der Waals surface area contributed by atoms with Gasteiger partial charge in [-0.2, -0.15) is 0 Å². The normalized spacial score (nSPS) is 17.6. The Balaban J connectivity index is 0.000000257. The van der Waals surface area contributed by atoms with E-state index in [1.54, 1.807) is 13.2 Å². The molecule has 1 aliphatic heterocycles. The predicted octanol–water partition coefficient (Wildman–Crippen LogP) is 4.49. The molecule has 0 aliphatic carbocycles. The van der Waals surface area contributed by atoms with Crippen LogP contribution in [0.5, 0.6) is 5.75 Å². The number of hydrogen-bond acceptors (Lipinski definition) is 3. The van der Waals surface area contributed by atoms with Crippen LogP contribution in [0.25, 0.3) is 0 Å². The van der Waals surface area contributed by atoms with Gasteiger partial charge in [0, 0.05) is 18.2 Å². The van der Waals surface area contributed by atoms with Gasteiger partial charge in [-0.1, -0.05) is 69.9 Å². The fraction of sp³-hybridized carbons (Fsp3) is 0.455. The molecule has 1 aromatic carbocycles. The average Bonchev–Trinajstić information content (AvgIpc) is 3.11. The summed E-state index contributed by atoms with van der Waals surface area (Å²) in [5.41, 5.74) is 8.18. The molecule has 1 fully saturated rings. The maximum absolute atomic E-state index is 5.66. The lowest BCUT2D eigenvalue weighted by Gasteiger charge is -2.20. The lowest BCUT2D eigenvalue weighted by molar-refractivity contribution is 0.409. The number of rotatable bonds is 5. The summed E-state index contributed by atoms with van der Waals surface area (Å²) < 4.78 is 5.22. The van der Waals surface area contributed by atoms with E-state index >= 15 is 0 Å². The van der Waals surface area contributed by atoms with Crippen molar-refractivity contribution in [2.75, 3.05) is 13.7 Å². The van der Waals surface area contributed by atoms with Crippen molar-refractivity contribution in [3.63, 3.8) is 0 Å². The van der Waals surface area contributed by atoms with Crippen LogP contribution in [0, 0.1) is 0 Å². The highest BCUT2D eigenvalue weighted by Crippen LogP contribution is 2.27. The second-order valence-electron chi connectivity index (χ2n) is 7.19. The summed E-state index contributed by atoms with van der Waals surface area (Å²) in [4.78, 5) is 0. The summed E-state index contributed by atoms with van der Waals surface area (Å²) in [5, 5.41) is 3.39. The van der Waals surface area contributed by atoms with Crippen LogP contribution in [0.3, 0.4) is 0 Å². The Labute approximate surface area is 153 Å².